The average Bonchev–Trinajstić information content (AvgIpc) is 2.62. The Morgan fingerprint density at radius 3 is 2.70 bits per heavy atom. The van der Waals surface area contributed by atoms with E-state index in [1.165, 1.54) is 12.1 Å². The summed E-state index contributed by atoms with van der Waals surface area (Å²) in [5, 5.41) is 2.47. The summed E-state index contributed by atoms with van der Waals surface area (Å²) in [6, 6.07) is 2.69. The molecule has 2 amide bonds. The van der Waals surface area contributed by atoms with Gasteiger partial charge in [0.05, 0.1) is 17.9 Å². The number of likely N-dealkylation sites (N-methyl/N-ethyl adjacent to an activating group) is 1. The Morgan fingerprint density at radius 2 is 2.15 bits per heavy atom. The molecule has 1 heterocycles. The summed E-state index contributed by atoms with van der Waals surface area (Å²) in [5.74, 6) is -1.04. The van der Waals surface area contributed by atoms with Crippen molar-refractivity contribution < 1.29 is 27.5 Å². The number of morpholine rings is 1. The number of hydrogen-bond acceptors (Lipinski definition) is 5. The molecule has 2 rings (SSSR count). The van der Waals surface area contributed by atoms with Crippen LogP contribution in [0.4, 0.5) is 24.5 Å². The largest absolute Gasteiger partial charge is 0.418 e. The summed E-state index contributed by atoms with van der Waals surface area (Å²) in [4.78, 5) is 27.0. The van der Waals surface area contributed by atoms with E-state index >= 15 is 0 Å². The molecular weight excluding hydrogens is 365 g/mol. The van der Waals surface area contributed by atoms with Crippen molar-refractivity contribution in [2.24, 2.45) is 5.73 Å². The van der Waals surface area contributed by atoms with Gasteiger partial charge in [-0.2, -0.15) is 13.2 Å². The molecule has 3 N–H and O–H groups in total. The first-order valence-corrected chi connectivity index (χ1v) is 8.49. The Morgan fingerprint density at radius 1 is 1.44 bits per heavy atom. The minimum Gasteiger partial charge on any atom is -0.370 e. The lowest BCUT2D eigenvalue weighted by atomic mass is 10.1. The number of benzene rings is 1. The molecule has 0 radical (unpaired) electrons. The van der Waals surface area contributed by atoms with Crippen LogP contribution in [0.15, 0.2) is 18.2 Å². The van der Waals surface area contributed by atoms with Gasteiger partial charge in [0.1, 0.15) is 12.6 Å². The monoisotopic (exact) mass is 388 g/mol. The molecule has 1 aliphatic rings. The van der Waals surface area contributed by atoms with E-state index in [-0.39, 0.29) is 37.7 Å². The van der Waals surface area contributed by atoms with Crippen LogP contribution in [0.3, 0.4) is 0 Å². The summed E-state index contributed by atoms with van der Waals surface area (Å²) < 4.78 is 45.6. The van der Waals surface area contributed by atoms with Crippen molar-refractivity contribution in [2.45, 2.75) is 19.1 Å². The molecule has 27 heavy (non-hydrogen) atoms. The van der Waals surface area contributed by atoms with Crippen LogP contribution in [0.5, 0.6) is 0 Å². The standard InChI is InChI=1S/C17H23F3N4O3/c1-3-23(2)14(9-21)16(26)22-11-4-5-13(12(8-11)17(18,19)20)24-6-7-27-10-15(24)25/h4-5,8,14H,3,6-7,9-10,21H2,1-2H3,(H,22,26)/t14-/m1/s1. The third-order valence-corrected chi connectivity index (χ3v) is 4.40. The fraction of sp³-hybridized carbons (Fsp3) is 0.529. The van der Waals surface area contributed by atoms with Crippen molar-refractivity contribution in [3.63, 3.8) is 0 Å². The highest BCUT2D eigenvalue weighted by Gasteiger charge is 2.37. The number of alkyl halides is 3. The normalized spacial score (nSPS) is 16.6. The molecule has 7 nitrogen and oxygen atoms in total. The van der Waals surface area contributed by atoms with E-state index in [9.17, 15) is 22.8 Å². The van der Waals surface area contributed by atoms with Gasteiger partial charge in [-0.25, -0.2) is 0 Å². The zero-order valence-electron chi connectivity index (χ0n) is 15.2. The van der Waals surface area contributed by atoms with Gasteiger partial charge in [-0.1, -0.05) is 6.92 Å². The predicted octanol–water partition coefficient (Wildman–Crippen LogP) is 1.29. The maximum atomic E-state index is 13.5. The second-order valence-corrected chi connectivity index (χ2v) is 6.14. The van der Waals surface area contributed by atoms with Crippen LogP contribution in [0.2, 0.25) is 0 Å². The molecule has 0 spiro atoms. The first kappa shape index (κ1) is 21.1. The SMILES string of the molecule is CCN(C)[C@H](CN)C(=O)Nc1ccc(N2CCOCC2=O)c(C(F)(F)F)c1. The second kappa shape index (κ2) is 8.68. The Labute approximate surface area is 155 Å². The predicted molar refractivity (Wildman–Crippen MR) is 94.4 cm³/mol. The van der Waals surface area contributed by atoms with Crippen LogP contribution in [0, 0.1) is 0 Å². The number of carbonyl (C=O) groups excluding carboxylic acids is 2. The number of anilines is 2. The Balaban J connectivity index is 2.32. The lowest BCUT2D eigenvalue weighted by Crippen LogP contribution is -2.46. The molecule has 1 aromatic carbocycles. The van der Waals surface area contributed by atoms with Gasteiger partial charge in [-0.05, 0) is 31.8 Å². The van der Waals surface area contributed by atoms with Gasteiger partial charge in [-0.3, -0.25) is 14.5 Å². The second-order valence-electron chi connectivity index (χ2n) is 6.14. The van der Waals surface area contributed by atoms with Crippen LogP contribution in [0.1, 0.15) is 12.5 Å². The van der Waals surface area contributed by atoms with Crippen LogP contribution >= 0.6 is 0 Å². The number of nitrogens with two attached hydrogens (primary N) is 1. The van der Waals surface area contributed by atoms with Crippen LogP contribution in [-0.4, -0.2) is 62.7 Å². The van der Waals surface area contributed by atoms with Crippen molar-refractivity contribution in [3.05, 3.63) is 23.8 Å². The summed E-state index contributed by atoms with van der Waals surface area (Å²) >= 11 is 0. The summed E-state index contributed by atoms with van der Waals surface area (Å²) in [5.41, 5.74) is 4.34. The van der Waals surface area contributed by atoms with E-state index in [0.29, 0.717) is 6.54 Å². The number of carbonyl (C=O) groups is 2. The number of ether oxygens (including phenoxy) is 1. The third kappa shape index (κ3) is 4.96. The summed E-state index contributed by atoms with van der Waals surface area (Å²) in [6.07, 6.45) is -4.69. The Hall–Kier alpha value is -2.17. The molecule has 0 unspecified atom stereocenters. The third-order valence-electron chi connectivity index (χ3n) is 4.40. The van der Waals surface area contributed by atoms with Gasteiger partial charge in [0, 0.05) is 18.8 Å². The van der Waals surface area contributed by atoms with E-state index in [2.05, 4.69) is 5.32 Å². The lowest BCUT2D eigenvalue weighted by Gasteiger charge is -2.29. The Kier molecular flexibility index (Phi) is 6.79. The van der Waals surface area contributed by atoms with Crippen molar-refractivity contribution in [3.8, 4) is 0 Å². The molecule has 0 aromatic heterocycles. The molecule has 0 saturated carbocycles. The fourth-order valence-corrected chi connectivity index (χ4v) is 2.78. The topological polar surface area (TPSA) is 87.9 Å². The van der Waals surface area contributed by atoms with Gasteiger partial charge in [0.2, 0.25) is 5.91 Å². The van der Waals surface area contributed by atoms with Crippen molar-refractivity contribution in [1.82, 2.24) is 4.90 Å². The van der Waals surface area contributed by atoms with Crippen LogP contribution in [0.25, 0.3) is 0 Å². The highest BCUT2D eigenvalue weighted by Crippen LogP contribution is 2.38. The Bertz CT molecular complexity index is 696. The molecule has 1 aliphatic heterocycles. The molecule has 150 valence electrons. The van der Waals surface area contributed by atoms with Gasteiger partial charge in [0.15, 0.2) is 0 Å². The smallest absolute Gasteiger partial charge is 0.370 e. The van der Waals surface area contributed by atoms with Crippen LogP contribution < -0.4 is 16.0 Å². The van der Waals surface area contributed by atoms with E-state index in [1.807, 2.05) is 6.92 Å². The fourth-order valence-electron chi connectivity index (χ4n) is 2.78. The molecule has 0 bridgehead atoms. The lowest BCUT2D eigenvalue weighted by molar-refractivity contribution is -0.137. The highest BCUT2D eigenvalue weighted by molar-refractivity contribution is 5.98. The molecule has 1 fully saturated rings. The number of amides is 2. The van der Waals surface area contributed by atoms with Crippen molar-refractivity contribution in [1.29, 1.82) is 0 Å². The average molecular weight is 388 g/mol. The molecule has 0 aliphatic carbocycles. The van der Waals surface area contributed by atoms with Gasteiger partial charge >= 0.3 is 6.18 Å². The van der Waals surface area contributed by atoms with E-state index in [4.69, 9.17) is 10.5 Å². The molecular formula is C17H23F3N4O3. The van der Waals surface area contributed by atoms with Gasteiger partial charge in [0.25, 0.3) is 5.91 Å². The van der Waals surface area contributed by atoms with Crippen molar-refractivity contribution in [2.75, 3.05) is 50.1 Å². The maximum Gasteiger partial charge on any atom is 0.418 e. The zero-order valence-corrected chi connectivity index (χ0v) is 15.2. The molecule has 1 saturated heterocycles. The number of rotatable bonds is 6. The minimum absolute atomic E-state index is 0.0141. The minimum atomic E-state index is -4.69. The van der Waals surface area contributed by atoms with Gasteiger partial charge < -0.3 is 20.7 Å². The van der Waals surface area contributed by atoms with E-state index < -0.39 is 29.6 Å². The number of nitrogens with zero attached hydrogens (tertiary/aromatic N) is 2. The zero-order chi connectivity index (χ0) is 20.2. The van der Waals surface area contributed by atoms with E-state index in [0.717, 1.165) is 11.0 Å². The number of hydrogen-bond donors (Lipinski definition) is 2. The first-order valence-electron chi connectivity index (χ1n) is 8.49. The highest BCUT2D eigenvalue weighted by atomic mass is 19.4. The summed E-state index contributed by atoms with van der Waals surface area (Å²) in [6.45, 7) is 2.35. The molecule has 1 aromatic rings. The van der Waals surface area contributed by atoms with Gasteiger partial charge in [-0.15, -0.1) is 0 Å². The number of nitrogens with one attached hydrogen (secondary N) is 1. The quantitative estimate of drug-likeness (QED) is 0.767. The first-order chi connectivity index (χ1) is 12.7. The van der Waals surface area contributed by atoms with Crippen molar-refractivity contribution >= 4 is 23.2 Å². The summed E-state index contributed by atoms with van der Waals surface area (Å²) in [7, 11) is 1.70. The number of halogens is 3. The maximum absolute atomic E-state index is 13.5. The molecule has 1 atom stereocenters. The van der Waals surface area contributed by atoms with Crippen LogP contribution in [-0.2, 0) is 20.5 Å². The molecule has 10 heteroatoms. The van der Waals surface area contributed by atoms with E-state index in [1.54, 1.807) is 11.9 Å².